The molecular formula is C24H25Cl2N3O4. The molecule has 0 aliphatic rings. The van der Waals surface area contributed by atoms with Crippen LogP contribution in [0.5, 0.6) is 0 Å². The molecule has 0 saturated heterocycles. The molecule has 1 unspecified atom stereocenters. The van der Waals surface area contributed by atoms with Gasteiger partial charge in [-0.15, -0.1) is 0 Å². The van der Waals surface area contributed by atoms with Gasteiger partial charge in [0.05, 0.1) is 24.3 Å². The van der Waals surface area contributed by atoms with Crippen LogP contribution >= 0.6 is 23.2 Å². The largest absolute Gasteiger partial charge is 0.382 e. The van der Waals surface area contributed by atoms with Crippen molar-refractivity contribution in [2.45, 2.75) is 13.0 Å². The van der Waals surface area contributed by atoms with Crippen LogP contribution in [0.1, 0.15) is 17.4 Å². The van der Waals surface area contributed by atoms with Crippen molar-refractivity contribution in [1.82, 2.24) is 9.55 Å². The molecule has 3 rings (SSSR count). The van der Waals surface area contributed by atoms with E-state index in [0.717, 1.165) is 12.6 Å². The molecule has 0 radical (unpaired) electrons. The molecule has 2 aromatic carbocycles. The predicted octanol–water partition coefficient (Wildman–Crippen LogP) is 4.72. The monoisotopic (exact) mass is 489 g/mol. The van der Waals surface area contributed by atoms with E-state index in [0.29, 0.717) is 52.7 Å². The summed E-state index contributed by atoms with van der Waals surface area (Å²) < 4.78 is 12.7. The predicted molar refractivity (Wildman–Crippen MR) is 130 cm³/mol. The summed E-state index contributed by atoms with van der Waals surface area (Å²) in [7, 11) is 1.58. The summed E-state index contributed by atoms with van der Waals surface area (Å²) in [4.78, 5) is 30.4. The maximum Gasteiger partial charge on any atom is 0.170 e. The van der Waals surface area contributed by atoms with Crippen molar-refractivity contribution in [1.29, 1.82) is 0 Å². The molecular weight excluding hydrogens is 465 g/mol. The van der Waals surface area contributed by atoms with Crippen LogP contribution in [0.2, 0.25) is 10.0 Å². The van der Waals surface area contributed by atoms with Crippen LogP contribution in [-0.2, 0) is 14.3 Å². The number of anilines is 1. The van der Waals surface area contributed by atoms with Crippen LogP contribution in [-0.4, -0.2) is 61.6 Å². The minimum atomic E-state index is -0.316. The molecule has 0 aliphatic heterocycles. The van der Waals surface area contributed by atoms with E-state index in [4.69, 9.17) is 37.7 Å². The third-order valence-corrected chi connectivity index (χ3v) is 5.56. The van der Waals surface area contributed by atoms with Gasteiger partial charge in [-0.1, -0.05) is 35.3 Å². The van der Waals surface area contributed by atoms with Crippen molar-refractivity contribution >= 4 is 41.6 Å². The fourth-order valence-electron chi connectivity index (χ4n) is 3.59. The van der Waals surface area contributed by atoms with E-state index in [-0.39, 0.29) is 18.3 Å². The highest BCUT2D eigenvalue weighted by Gasteiger charge is 2.26. The Kier molecular flexibility index (Phi) is 9.03. The second-order valence-electron chi connectivity index (χ2n) is 7.16. The lowest BCUT2D eigenvalue weighted by Crippen LogP contribution is -2.38. The van der Waals surface area contributed by atoms with Crippen molar-refractivity contribution in [2.75, 3.05) is 38.3 Å². The molecule has 174 valence electrons. The second-order valence-corrected chi connectivity index (χ2v) is 8.00. The molecule has 0 bridgehead atoms. The molecule has 0 aliphatic carbocycles. The number of hydrogen-bond donors (Lipinski definition) is 0. The topological polar surface area (TPSA) is 73.7 Å². The first-order valence-corrected chi connectivity index (χ1v) is 11.2. The van der Waals surface area contributed by atoms with Gasteiger partial charge in [-0.3, -0.25) is 9.36 Å². The molecule has 9 heteroatoms. The number of aldehydes is 2. The second kappa shape index (κ2) is 12.0. The van der Waals surface area contributed by atoms with Gasteiger partial charge >= 0.3 is 0 Å². The number of rotatable bonds is 12. The van der Waals surface area contributed by atoms with Crippen LogP contribution in [0.15, 0.2) is 48.5 Å². The van der Waals surface area contributed by atoms with E-state index in [9.17, 15) is 9.59 Å². The molecule has 1 heterocycles. The highest BCUT2D eigenvalue weighted by Crippen LogP contribution is 2.34. The zero-order valence-corrected chi connectivity index (χ0v) is 19.9. The molecule has 7 nitrogen and oxygen atoms in total. The number of ether oxygens (including phenoxy) is 2. The first-order valence-electron chi connectivity index (χ1n) is 10.4. The van der Waals surface area contributed by atoms with Crippen molar-refractivity contribution in [3.63, 3.8) is 0 Å². The lowest BCUT2D eigenvalue weighted by Gasteiger charge is -2.26. The van der Waals surface area contributed by atoms with Gasteiger partial charge < -0.3 is 19.2 Å². The summed E-state index contributed by atoms with van der Waals surface area (Å²) in [6.07, 6.45) is 1.17. The number of hydrogen-bond acceptors (Lipinski definition) is 6. The number of benzene rings is 2. The number of carbonyl (C=O) groups excluding carboxylic acids is 2. The van der Waals surface area contributed by atoms with Crippen LogP contribution in [0.3, 0.4) is 0 Å². The molecule has 0 spiro atoms. The summed E-state index contributed by atoms with van der Waals surface area (Å²) in [6, 6.07) is 14.3. The van der Waals surface area contributed by atoms with Gasteiger partial charge in [0.1, 0.15) is 17.8 Å². The van der Waals surface area contributed by atoms with Gasteiger partial charge in [0.2, 0.25) is 0 Å². The van der Waals surface area contributed by atoms with Gasteiger partial charge in [0.25, 0.3) is 0 Å². The van der Waals surface area contributed by atoms with Crippen molar-refractivity contribution in [2.24, 2.45) is 0 Å². The number of nitrogens with zero attached hydrogens (tertiary/aromatic N) is 3. The Morgan fingerprint density at radius 3 is 2.45 bits per heavy atom. The molecule has 0 amide bonds. The summed E-state index contributed by atoms with van der Waals surface area (Å²) in [6.45, 7) is 3.02. The van der Waals surface area contributed by atoms with Crippen LogP contribution in [0.4, 0.5) is 5.82 Å². The fourth-order valence-corrected chi connectivity index (χ4v) is 3.94. The van der Waals surface area contributed by atoms with E-state index >= 15 is 0 Å². The maximum atomic E-state index is 12.4. The van der Waals surface area contributed by atoms with Gasteiger partial charge in [-0.25, -0.2) is 4.98 Å². The minimum Gasteiger partial charge on any atom is -0.382 e. The minimum absolute atomic E-state index is 0.0215. The molecule has 0 saturated carbocycles. The van der Waals surface area contributed by atoms with Gasteiger partial charge in [0, 0.05) is 36.5 Å². The number of methoxy groups -OCH3 is 1. The van der Waals surface area contributed by atoms with Gasteiger partial charge in [-0.2, -0.15) is 0 Å². The van der Waals surface area contributed by atoms with E-state index in [1.165, 1.54) is 0 Å². The standard InChI is InChI=1S/C24H25Cl2N3O4/c1-3-33-19(16-32-2)14-28(12-13-30)24-22(15-31)29(18-10-8-17(25)9-11-18)23(27-24)20-6-4-5-7-21(20)26/h4-11,13,15,19H,3,12,14,16H2,1-2H3. The first kappa shape index (κ1) is 24.9. The number of imidazole rings is 1. The van der Waals surface area contributed by atoms with Crippen molar-refractivity contribution in [3.8, 4) is 17.1 Å². The Hall–Kier alpha value is -2.71. The molecule has 33 heavy (non-hydrogen) atoms. The summed E-state index contributed by atoms with van der Waals surface area (Å²) >= 11 is 12.6. The van der Waals surface area contributed by atoms with Crippen LogP contribution in [0, 0.1) is 0 Å². The Balaban J connectivity index is 2.21. The molecule has 0 fully saturated rings. The Morgan fingerprint density at radius 1 is 1.12 bits per heavy atom. The quantitative estimate of drug-likeness (QED) is 0.343. The Labute approximate surface area is 202 Å². The van der Waals surface area contributed by atoms with E-state index in [2.05, 4.69) is 0 Å². The lowest BCUT2D eigenvalue weighted by molar-refractivity contribution is -0.106. The smallest absolute Gasteiger partial charge is 0.170 e. The lowest BCUT2D eigenvalue weighted by atomic mass is 10.2. The zero-order chi connectivity index (χ0) is 23.8. The van der Waals surface area contributed by atoms with E-state index in [1.54, 1.807) is 46.9 Å². The average Bonchev–Trinajstić information content (AvgIpc) is 3.19. The van der Waals surface area contributed by atoms with Crippen molar-refractivity contribution in [3.05, 3.63) is 64.3 Å². The number of carbonyl (C=O) groups is 2. The Morgan fingerprint density at radius 2 is 1.85 bits per heavy atom. The van der Waals surface area contributed by atoms with Gasteiger partial charge in [-0.05, 0) is 43.3 Å². The Bertz CT molecular complexity index is 1080. The first-order chi connectivity index (χ1) is 16.0. The molecule has 0 N–H and O–H groups in total. The van der Waals surface area contributed by atoms with Gasteiger partial charge in [0.15, 0.2) is 12.1 Å². The normalized spacial score (nSPS) is 11.9. The zero-order valence-electron chi connectivity index (χ0n) is 18.4. The van der Waals surface area contributed by atoms with E-state index < -0.39 is 0 Å². The third-order valence-electron chi connectivity index (χ3n) is 4.98. The summed E-state index contributed by atoms with van der Waals surface area (Å²) in [5.74, 6) is 0.818. The fraction of sp³-hybridized carbons (Fsp3) is 0.292. The SMILES string of the molecule is CCOC(COC)CN(CC=O)c1nc(-c2ccccc2Cl)n(-c2ccc(Cl)cc2)c1C=O. The van der Waals surface area contributed by atoms with Crippen LogP contribution < -0.4 is 4.90 Å². The average molecular weight is 490 g/mol. The molecule has 1 atom stereocenters. The highest BCUT2D eigenvalue weighted by atomic mass is 35.5. The van der Waals surface area contributed by atoms with Crippen molar-refractivity contribution < 1.29 is 19.1 Å². The van der Waals surface area contributed by atoms with Crippen LogP contribution in [0.25, 0.3) is 17.1 Å². The maximum absolute atomic E-state index is 12.4. The molecule has 3 aromatic rings. The van der Waals surface area contributed by atoms with E-state index in [1.807, 2.05) is 25.1 Å². The third kappa shape index (κ3) is 5.81. The summed E-state index contributed by atoms with van der Waals surface area (Å²) in [5.41, 5.74) is 1.61. The number of aromatic nitrogens is 2. The molecule has 1 aromatic heterocycles. The summed E-state index contributed by atoms with van der Waals surface area (Å²) in [5, 5.41) is 1.04. The highest BCUT2D eigenvalue weighted by molar-refractivity contribution is 6.33. The number of halogens is 2.